The number of rotatable bonds is 5. The predicted molar refractivity (Wildman–Crippen MR) is 78.3 cm³/mol. The Kier molecular flexibility index (Phi) is 4.72. The maximum Gasteiger partial charge on any atom is 0.346 e. The van der Waals surface area contributed by atoms with E-state index in [1.54, 1.807) is 30.3 Å². The van der Waals surface area contributed by atoms with Crippen molar-refractivity contribution in [2.24, 2.45) is 0 Å². The van der Waals surface area contributed by atoms with Gasteiger partial charge in [0, 0.05) is 0 Å². The molecule has 21 heavy (non-hydrogen) atoms. The molecule has 108 valence electrons. The van der Waals surface area contributed by atoms with Crippen molar-refractivity contribution in [3.05, 3.63) is 72.1 Å². The summed E-state index contributed by atoms with van der Waals surface area (Å²) in [6, 6.07) is 10.8. The van der Waals surface area contributed by atoms with Crippen molar-refractivity contribution in [3.63, 3.8) is 0 Å². The number of methoxy groups -OCH3 is 1. The molecule has 0 radical (unpaired) electrons. The average molecular weight is 286 g/mol. The van der Waals surface area contributed by atoms with Crippen LogP contribution in [0.5, 0.6) is 11.5 Å². The molecule has 0 heterocycles. The maximum absolute atomic E-state index is 13.5. The van der Waals surface area contributed by atoms with Gasteiger partial charge in [-0.05, 0) is 36.2 Å². The minimum absolute atomic E-state index is 0.116. The summed E-state index contributed by atoms with van der Waals surface area (Å²) in [5.41, 5.74) is 0.863. The van der Waals surface area contributed by atoms with Gasteiger partial charge in [0.05, 0.1) is 12.7 Å². The number of hydrogen-bond acceptors (Lipinski definition) is 3. The van der Waals surface area contributed by atoms with Gasteiger partial charge in [-0.2, -0.15) is 0 Å². The van der Waals surface area contributed by atoms with E-state index in [0.29, 0.717) is 12.2 Å². The molecule has 0 saturated carbocycles. The van der Waals surface area contributed by atoms with Crippen LogP contribution in [-0.2, 0) is 6.42 Å². The van der Waals surface area contributed by atoms with Gasteiger partial charge in [0.15, 0.2) is 11.5 Å². The number of halogens is 1. The first kappa shape index (κ1) is 14.8. The van der Waals surface area contributed by atoms with Crippen LogP contribution in [-0.4, -0.2) is 13.1 Å². The third-order valence-corrected chi connectivity index (χ3v) is 2.90. The molecular weight excluding hydrogens is 271 g/mol. The molecule has 0 fully saturated rings. The maximum atomic E-state index is 13.5. The van der Waals surface area contributed by atoms with E-state index in [1.165, 1.54) is 25.3 Å². The van der Waals surface area contributed by atoms with Gasteiger partial charge in [0.25, 0.3) is 0 Å². The summed E-state index contributed by atoms with van der Waals surface area (Å²) in [5, 5.41) is 0. The van der Waals surface area contributed by atoms with Crippen LogP contribution in [0.25, 0.3) is 0 Å². The fraction of sp³-hybridized carbons (Fsp3) is 0.118. The second-order valence-corrected chi connectivity index (χ2v) is 4.35. The van der Waals surface area contributed by atoms with Gasteiger partial charge in [-0.25, -0.2) is 9.18 Å². The van der Waals surface area contributed by atoms with E-state index in [4.69, 9.17) is 9.47 Å². The monoisotopic (exact) mass is 286 g/mol. The highest BCUT2D eigenvalue weighted by molar-refractivity contribution is 5.91. The van der Waals surface area contributed by atoms with Crippen molar-refractivity contribution in [2.75, 3.05) is 7.11 Å². The molecule has 0 aromatic heterocycles. The molecule has 0 aliphatic rings. The lowest BCUT2D eigenvalue weighted by Crippen LogP contribution is -2.11. The Bertz CT molecular complexity index is 665. The molecule has 0 aliphatic carbocycles. The van der Waals surface area contributed by atoms with E-state index in [9.17, 15) is 9.18 Å². The van der Waals surface area contributed by atoms with Gasteiger partial charge in [0.2, 0.25) is 0 Å². The SMILES string of the molecule is C=CCc1ccc(OC(=O)c2ccccc2F)c(OC)c1. The first-order valence-electron chi connectivity index (χ1n) is 6.40. The van der Waals surface area contributed by atoms with Crippen molar-refractivity contribution in [1.82, 2.24) is 0 Å². The fourth-order valence-electron chi connectivity index (χ4n) is 1.87. The first-order chi connectivity index (χ1) is 10.2. The third-order valence-electron chi connectivity index (χ3n) is 2.90. The molecular formula is C17H15FO3. The topological polar surface area (TPSA) is 35.5 Å². The van der Waals surface area contributed by atoms with Crippen LogP contribution in [0, 0.1) is 5.82 Å². The Labute approximate surface area is 122 Å². The summed E-state index contributed by atoms with van der Waals surface area (Å²) in [4.78, 5) is 12.0. The Morgan fingerprint density at radius 3 is 2.67 bits per heavy atom. The number of carbonyl (C=O) groups is 1. The molecule has 2 aromatic carbocycles. The van der Waals surface area contributed by atoms with Gasteiger partial charge < -0.3 is 9.47 Å². The molecule has 0 N–H and O–H groups in total. The van der Waals surface area contributed by atoms with Crippen LogP contribution in [0.4, 0.5) is 4.39 Å². The number of carbonyl (C=O) groups excluding carboxylic acids is 1. The molecule has 0 saturated heterocycles. The molecule has 0 spiro atoms. The van der Waals surface area contributed by atoms with Crippen LogP contribution < -0.4 is 9.47 Å². The normalized spacial score (nSPS) is 10.0. The molecule has 2 aromatic rings. The van der Waals surface area contributed by atoms with Crippen LogP contribution in [0.3, 0.4) is 0 Å². The van der Waals surface area contributed by atoms with Gasteiger partial charge in [0.1, 0.15) is 5.82 Å². The predicted octanol–water partition coefficient (Wildman–Crippen LogP) is 3.78. The number of esters is 1. The summed E-state index contributed by atoms with van der Waals surface area (Å²) >= 11 is 0. The van der Waals surface area contributed by atoms with Gasteiger partial charge >= 0.3 is 5.97 Å². The van der Waals surface area contributed by atoms with E-state index >= 15 is 0 Å². The molecule has 0 amide bonds. The molecule has 0 atom stereocenters. The van der Waals surface area contributed by atoms with Crippen LogP contribution in [0.15, 0.2) is 55.1 Å². The fourth-order valence-corrected chi connectivity index (χ4v) is 1.87. The van der Waals surface area contributed by atoms with Gasteiger partial charge in [-0.1, -0.05) is 24.3 Å². The number of ether oxygens (including phenoxy) is 2. The average Bonchev–Trinajstić information content (AvgIpc) is 2.49. The minimum Gasteiger partial charge on any atom is -0.493 e. The highest BCUT2D eigenvalue weighted by atomic mass is 19.1. The number of benzene rings is 2. The molecule has 2 rings (SSSR count). The van der Waals surface area contributed by atoms with Crippen molar-refractivity contribution in [2.45, 2.75) is 6.42 Å². The van der Waals surface area contributed by atoms with Gasteiger partial charge in [-0.15, -0.1) is 6.58 Å². The summed E-state index contributed by atoms with van der Waals surface area (Å²) in [6.07, 6.45) is 2.44. The molecule has 0 aliphatic heterocycles. The molecule has 3 nitrogen and oxygen atoms in total. The highest BCUT2D eigenvalue weighted by Crippen LogP contribution is 2.29. The lowest BCUT2D eigenvalue weighted by atomic mass is 10.1. The van der Waals surface area contributed by atoms with Crippen molar-refractivity contribution < 1.29 is 18.7 Å². The summed E-state index contributed by atoms with van der Waals surface area (Å²) in [7, 11) is 1.48. The second-order valence-electron chi connectivity index (χ2n) is 4.35. The van der Waals surface area contributed by atoms with E-state index < -0.39 is 11.8 Å². The number of hydrogen-bond donors (Lipinski definition) is 0. The molecule has 0 unspecified atom stereocenters. The Hall–Kier alpha value is -2.62. The second kappa shape index (κ2) is 6.70. The van der Waals surface area contributed by atoms with Gasteiger partial charge in [-0.3, -0.25) is 0 Å². The Balaban J connectivity index is 2.25. The van der Waals surface area contributed by atoms with E-state index in [2.05, 4.69) is 6.58 Å². The zero-order chi connectivity index (χ0) is 15.2. The lowest BCUT2D eigenvalue weighted by Gasteiger charge is -2.10. The van der Waals surface area contributed by atoms with E-state index in [0.717, 1.165) is 5.56 Å². The smallest absolute Gasteiger partial charge is 0.346 e. The third kappa shape index (κ3) is 3.48. The van der Waals surface area contributed by atoms with E-state index in [-0.39, 0.29) is 11.3 Å². The summed E-state index contributed by atoms with van der Waals surface area (Å²) < 4.78 is 23.9. The quantitative estimate of drug-likeness (QED) is 0.476. The highest BCUT2D eigenvalue weighted by Gasteiger charge is 2.16. The molecule has 0 bridgehead atoms. The van der Waals surface area contributed by atoms with Crippen LogP contribution in [0.1, 0.15) is 15.9 Å². The standard InChI is InChI=1S/C17H15FO3/c1-3-6-12-9-10-15(16(11-12)20-2)21-17(19)13-7-4-5-8-14(13)18/h3-5,7-11H,1,6H2,2H3. The summed E-state index contributed by atoms with van der Waals surface area (Å²) in [6.45, 7) is 3.66. The Morgan fingerprint density at radius 1 is 1.24 bits per heavy atom. The first-order valence-corrected chi connectivity index (χ1v) is 6.40. The zero-order valence-electron chi connectivity index (χ0n) is 11.6. The van der Waals surface area contributed by atoms with Crippen molar-refractivity contribution in [1.29, 1.82) is 0 Å². The number of allylic oxidation sites excluding steroid dienone is 1. The van der Waals surface area contributed by atoms with E-state index in [1.807, 2.05) is 0 Å². The zero-order valence-corrected chi connectivity index (χ0v) is 11.6. The van der Waals surface area contributed by atoms with Crippen LogP contribution >= 0.6 is 0 Å². The largest absolute Gasteiger partial charge is 0.493 e. The van der Waals surface area contributed by atoms with Crippen molar-refractivity contribution in [3.8, 4) is 11.5 Å². The lowest BCUT2D eigenvalue weighted by molar-refractivity contribution is 0.0725. The summed E-state index contributed by atoms with van der Waals surface area (Å²) in [5.74, 6) is -0.717. The Morgan fingerprint density at radius 2 is 2.00 bits per heavy atom. The molecule has 4 heteroatoms. The van der Waals surface area contributed by atoms with Crippen molar-refractivity contribution >= 4 is 5.97 Å². The minimum atomic E-state index is -0.761. The van der Waals surface area contributed by atoms with Crippen LogP contribution in [0.2, 0.25) is 0 Å².